The van der Waals surface area contributed by atoms with Gasteiger partial charge in [0.05, 0.1) is 12.6 Å². The molecule has 0 heterocycles. The van der Waals surface area contributed by atoms with Crippen LogP contribution >= 0.6 is 0 Å². The summed E-state index contributed by atoms with van der Waals surface area (Å²) in [5.41, 5.74) is 7.41. The zero-order valence-electron chi connectivity index (χ0n) is 13.9. The molecule has 1 atom stereocenters. The molecule has 0 aliphatic heterocycles. The first kappa shape index (κ1) is 17.5. The molecule has 0 saturated carbocycles. The van der Waals surface area contributed by atoms with Crippen molar-refractivity contribution in [3.63, 3.8) is 0 Å². The molecule has 4 nitrogen and oxygen atoms in total. The van der Waals surface area contributed by atoms with Crippen molar-refractivity contribution in [3.8, 4) is 0 Å². The minimum Gasteiger partial charge on any atom is -0.370 e. The third-order valence-corrected chi connectivity index (χ3v) is 3.95. The van der Waals surface area contributed by atoms with E-state index in [9.17, 15) is 0 Å². The van der Waals surface area contributed by atoms with Crippen LogP contribution in [0.25, 0.3) is 0 Å². The van der Waals surface area contributed by atoms with Crippen LogP contribution in [0.3, 0.4) is 0 Å². The van der Waals surface area contributed by atoms with Crippen LogP contribution in [0.4, 0.5) is 0 Å². The molecule has 2 N–H and O–H groups in total. The number of hydrogen-bond donors (Lipinski definition) is 1. The molecule has 0 spiro atoms. The lowest BCUT2D eigenvalue weighted by Crippen LogP contribution is -2.38. The van der Waals surface area contributed by atoms with Crippen LogP contribution in [-0.4, -0.2) is 48.5 Å². The molecule has 0 bridgehead atoms. The molecule has 1 aromatic carbocycles. The standard InChI is InChI=1S/C17H30N4/c1-5-20(6-2)16(15-12-10-9-11-13-15)14-19-17(18)21(7-3)8-4/h9-13,16H,5-8,14H2,1-4H3,(H2,18,19). The Balaban J connectivity index is 2.91. The van der Waals surface area contributed by atoms with Gasteiger partial charge in [0, 0.05) is 13.1 Å². The molecule has 118 valence electrons. The van der Waals surface area contributed by atoms with Gasteiger partial charge in [-0.3, -0.25) is 9.89 Å². The molecule has 1 unspecified atom stereocenters. The smallest absolute Gasteiger partial charge is 0.191 e. The van der Waals surface area contributed by atoms with Crippen LogP contribution in [0.5, 0.6) is 0 Å². The van der Waals surface area contributed by atoms with Crippen molar-refractivity contribution in [3.05, 3.63) is 35.9 Å². The number of benzene rings is 1. The maximum absolute atomic E-state index is 6.11. The molecule has 0 aromatic heterocycles. The molecule has 0 saturated heterocycles. The van der Waals surface area contributed by atoms with E-state index in [1.807, 2.05) is 0 Å². The van der Waals surface area contributed by atoms with Crippen molar-refractivity contribution in [1.82, 2.24) is 9.80 Å². The molecular weight excluding hydrogens is 260 g/mol. The fraction of sp³-hybridized carbons (Fsp3) is 0.588. The zero-order chi connectivity index (χ0) is 15.7. The highest BCUT2D eigenvalue weighted by Crippen LogP contribution is 2.20. The van der Waals surface area contributed by atoms with Crippen molar-refractivity contribution < 1.29 is 0 Å². The molecule has 0 aliphatic rings. The third kappa shape index (κ3) is 5.05. The monoisotopic (exact) mass is 290 g/mol. The maximum atomic E-state index is 6.11. The van der Waals surface area contributed by atoms with Gasteiger partial charge in [0.15, 0.2) is 5.96 Å². The van der Waals surface area contributed by atoms with Crippen LogP contribution in [0, 0.1) is 0 Å². The molecule has 21 heavy (non-hydrogen) atoms. The van der Waals surface area contributed by atoms with Crippen LogP contribution < -0.4 is 5.73 Å². The predicted octanol–water partition coefficient (Wildman–Crippen LogP) is 2.73. The predicted molar refractivity (Wildman–Crippen MR) is 91.5 cm³/mol. The van der Waals surface area contributed by atoms with Crippen LogP contribution in [0.1, 0.15) is 39.3 Å². The summed E-state index contributed by atoms with van der Waals surface area (Å²) in [5.74, 6) is 0.646. The summed E-state index contributed by atoms with van der Waals surface area (Å²) in [4.78, 5) is 9.15. The van der Waals surface area contributed by atoms with E-state index < -0.39 is 0 Å². The number of aliphatic imine (C=N–C) groups is 1. The fourth-order valence-electron chi connectivity index (χ4n) is 2.60. The number of guanidine groups is 1. The van der Waals surface area contributed by atoms with Gasteiger partial charge in [-0.1, -0.05) is 44.2 Å². The van der Waals surface area contributed by atoms with E-state index in [0.717, 1.165) is 26.2 Å². The number of hydrogen-bond acceptors (Lipinski definition) is 2. The van der Waals surface area contributed by atoms with Gasteiger partial charge >= 0.3 is 0 Å². The zero-order valence-corrected chi connectivity index (χ0v) is 13.9. The van der Waals surface area contributed by atoms with Gasteiger partial charge in [0.1, 0.15) is 0 Å². The highest BCUT2D eigenvalue weighted by Gasteiger charge is 2.17. The second-order valence-electron chi connectivity index (χ2n) is 5.02. The molecule has 1 aromatic rings. The van der Waals surface area contributed by atoms with Gasteiger partial charge < -0.3 is 10.6 Å². The number of nitrogens with two attached hydrogens (primary N) is 1. The summed E-state index contributed by atoms with van der Waals surface area (Å²) in [7, 11) is 0. The minimum atomic E-state index is 0.287. The van der Waals surface area contributed by atoms with Gasteiger partial charge in [0.2, 0.25) is 0 Å². The number of rotatable bonds is 8. The Hall–Kier alpha value is -1.55. The summed E-state index contributed by atoms with van der Waals surface area (Å²) in [5, 5.41) is 0. The van der Waals surface area contributed by atoms with Crippen molar-refractivity contribution in [1.29, 1.82) is 0 Å². The minimum absolute atomic E-state index is 0.287. The van der Waals surface area contributed by atoms with E-state index in [-0.39, 0.29) is 6.04 Å². The molecule has 1 rings (SSSR count). The fourth-order valence-corrected chi connectivity index (χ4v) is 2.60. The van der Waals surface area contributed by atoms with Crippen molar-refractivity contribution in [2.75, 3.05) is 32.7 Å². The van der Waals surface area contributed by atoms with Crippen LogP contribution in [0.15, 0.2) is 35.3 Å². The summed E-state index contributed by atoms with van der Waals surface area (Å²) < 4.78 is 0. The lowest BCUT2D eigenvalue weighted by molar-refractivity contribution is 0.224. The Kier molecular flexibility index (Phi) is 7.83. The van der Waals surface area contributed by atoms with Crippen LogP contribution in [0.2, 0.25) is 0 Å². The SMILES string of the molecule is CCN(CC)C(N)=NCC(c1ccccc1)N(CC)CC. The Bertz CT molecular complexity index is 408. The Morgan fingerprint density at radius 3 is 2.05 bits per heavy atom. The first-order chi connectivity index (χ1) is 10.2. The number of nitrogens with zero attached hydrogens (tertiary/aromatic N) is 3. The third-order valence-electron chi connectivity index (χ3n) is 3.95. The maximum Gasteiger partial charge on any atom is 0.191 e. The quantitative estimate of drug-likeness (QED) is 0.591. The van der Waals surface area contributed by atoms with Gasteiger partial charge in [-0.15, -0.1) is 0 Å². The van der Waals surface area contributed by atoms with Crippen molar-refractivity contribution >= 4 is 5.96 Å². The second kappa shape index (κ2) is 9.40. The van der Waals surface area contributed by atoms with E-state index in [1.165, 1.54) is 5.56 Å². The Morgan fingerprint density at radius 2 is 1.57 bits per heavy atom. The summed E-state index contributed by atoms with van der Waals surface area (Å²) in [6.07, 6.45) is 0. The van der Waals surface area contributed by atoms with E-state index in [2.05, 4.69) is 72.8 Å². The van der Waals surface area contributed by atoms with Gasteiger partial charge in [-0.25, -0.2) is 0 Å². The topological polar surface area (TPSA) is 44.9 Å². The van der Waals surface area contributed by atoms with Crippen molar-refractivity contribution in [2.24, 2.45) is 10.7 Å². The lowest BCUT2D eigenvalue weighted by Gasteiger charge is -2.29. The number of likely N-dealkylation sites (N-methyl/N-ethyl adjacent to an activating group) is 1. The first-order valence-electron chi connectivity index (χ1n) is 8.01. The highest BCUT2D eigenvalue weighted by molar-refractivity contribution is 5.78. The second-order valence-corrected chi connectivity index (χ2v) is 5.02. The van der Waals surface area contributed by atoms with E-state index in [4.69, 9.17) is 5.73 Å². The Morgan fingerprint density at radius 1 is 1.00 bits per heavy atom. The molecule has 4 heteroatoms. The molecular formula is C17H30N4. The average Bonchev–Trinajstić information content (AvgIpc) is 2.53. The summed E-state index contributed by atoms with van der Waals surface area (Å²) >= 11 is 0. The van der Waals surface area contributed by atoms with Crippen molar-refractivity contribution in [2.45, 2.75) is 33.7 Å². The van der Waals surface area contributed by atoms with Gasteiger partial charge in [-0.2, -0.15) is 0 Å². The largest absolute Gasteiger partial charge is 0.370 e. The summed E-state index contributed by atoms with van der Waals surface area (Å²) in [6.45, 7) is 13.1. The Labute approximate surface area is 129 Å². The highest BCUT2D eigenvalue weighted by atomic mass is 15.3. The lowest BCUT2D eigenvalue weighted by atomic mass is 10.1. The normalized spacial score (nSPS) is 13.5. The van der Waals surface area contributed by atoms with E-state index in [0.29, 0.717) is 12.5 Å². The van der Waals surface area contributed by atoms with E-state index >= 15 is 0 Å². The molecule has 0 amide bonds. The van der Waals surface area contributed by atoms with Gasteiger partial charge in [-0.05, 0) is 32.5 Å². The summed E-state index contributed by atoms with van der Waals surface area (Å²) in [6, 6.07) is 10.9. The molecule has 0 radical (unpaired) electrons. The molecule has 0 aliphatic carbocycles. The van der Waals surface area contributed by atoms with E-state index in [1.54, 1.807) is 0 Å². The van der Waals surface area contributed by atoms with Gasteiger partial charge in [0.25, 0.3) is 0 Å². The average molecular weight is 290 g/mol. The molecule has 0 fully saturated rings. The van der Waals surface area contributed by atoms with Crippen LogP contribution in [-0.2, 0) is 0 Å². The first-order valence-corrected chi connectivity index (χ1v) is 8.01.